The number of anilines is 1. The molecule has 1 aliphatic carbocycles. The van der Waals surface area contributed by atoms with Crippen molar-refractivity contribution in [2.45, 2.75) is 44.8 Å². The van der Waals surface area contributed by atoms with Crippen molar-refractivity contribution < 1.29 is 14.2 Å². The molecule has 0 aliphatic heterocycles. The molecule has 0 atom stereocenters. The second-order valence-corrected chi connectivity index (χ2v) is 7.03. The molecule has 0 radical (unpaired) electrons. The number of ether oxygens (including phenoxy) is 3. The molecule has 1 aromatic carbocycles. The first-order valence-electron chi connectivity index (χ1n) is 9.49. The Morgan fingerprint density at radius 2 is 1.86 bits per heavy atom. The standard InChI is InChI=1S/C20H25N5O3/c1-13-11-16(20-23-21-12-25(20)24-13)22-14-7-9-15(10-8-14)28-18-6-4-5-17(26-2)19(18)27-3/h4-6,11-12,14-15,22H,7-10H2,1-3H3. The molecule has 148 valence electrons. The zero-order valence-corrected chi connectivity index (χ0v) is 16.4. The Bertz CT molecular complexity index is 950. The maximum absolute atomic E-state index is 6.23. The third-order valence-corrected chi connectivity index (χ3v) is 5.08. The first kappa shape index (κ1) is 18.3. The summed E-state index contributed by atoms with van der Waals surface area (Å²) in [4.78, 5) is 0. The molecular weight excluding hydrogens is 358 g/mol. The fourth-order valence-corrected chi connectivity index (χ4v) is 3.73. The highest BCUT2D eigenvalue weighted by molar-refractivity contribution is 5.67. The maximum atomic E-state index is 6.23. The van der Waals surface area contributed by atoms with E-state index in [0.717, 1.165) is 48.5 Å². The Hall–Kier alpha value is -3.03. The van der Waals surface area contributed by atoms with Gasteiger partial charge < -0.3 is 19.5 Å². The lowest BCUT2D eigenvalue weighted by molar-refractivity contribution is 0.144. The van der Waals surface area contributed by atoms with Gasteiger partial charge in [0.25, 0.3) is 0 Å². The van der Waals surface area contributed by atoms with Crippen molar-refractivity contribution >= 4 is 11.3 Å². The zero-order valence-electron chi connectivity index (χ0n) is 16.4. The van der Waals surface area contributed by atoms with E-state index in [2.05, 4.69) is 20.6 Å². The van der Waals surface area contributed by atoms with Crippen molar-refractivity contribution in [3.63, 3.8) is 0 Å². The van der Waals surface area contributed by atoms with E-state index in [1.165, 1.54) is 0 Å². The SMILES string of the molecule is COc1cccc(OC2CCC(Nc3cc(C)nn4cnnc34)CC2)c1OC. The predicted octanol–water partition coefficient (Wildman–Crippen LogP) is 3.25. The third kappa shape index (κ3) is 3.67. The Balaban J connectivity index is 1.39. The number of aryl methyl sites for hydroxylation is 1. The first-order chi connectivity index (χ1) is 13.7. The molecule has 8 heteroatoms. The topological polar surface area (TPSA) is 82.8 Å². The van der Waals surface area contributed by atoms with Crippen LogP contribution in [0.25, 0.3) is 5.65 Å². The molecule has 0 unspecified atom stereocenters. The van der Waals surface area contributed by atoms with Gasteiger partial charge in [0.2, 0.25) is 11.4 Å². The quantitative estimate of drug-likeness (QED) is 0.699. The molecule has 1 aliphatic rings. The van der Waals surface area contributed by atoms with Gasteiger partial charge >= 0.3 is 0 Å². The van der Waals surface area contributed by atoms with Gasteiger partial charge in [0.1, 0.15) is 6.33 Å². The minimum Gasteiger partial charge on any atom is -0.493 e. The van der Waals surface area contributed by atoms with Crippen LogP contribution in [0, 0.1) is 6.92 Å². The summed E-state index contributed by atoms with van der Waals surface area (Å²) >= 11 is 0. The fourth-order valence-electron chi connectivity index (χ4n) is 3.73. The van der Waals surface area contributed by atoms with Crippen LogP contribution in [0.15, 0.2) is 30.6 Å². The number of nitrogens with zero attached hydrogens (tertiary/aromatic N) is 4. The van der Waals surface area contributed by atoms with E-state index in [1.54, 1.807) is 25.1 Å². The van der Waals surface area contributed by atoms with Gasteiger partial charge in [-0.05, 0) is 50.8 Å². The number of methoxy groups -OCH3 is 2. The van der Waals surface area contributed by atoms with Crippen molar-refractivity contribution in [1.82, 2.24) is 19.8 Å². The highest BCUT2D eigenvalue weighted by Crippen LogP contribution is 2.38. The number of aromatic nitrogens is 4. The largest absolute Gasteiger partial charge is 0.493 e. The average Bonchev–Trinajstić information content (AvgIpc) is 3.17. The molecule has 0 amide bonds. The minimum atomic E-state index is 0.159. The molecule has 2 heterocycles. The van der Waals surface area contributed by atoms with Crippen LogP contribution in [0.1, 0.15) is 31.4 Å². The van der Waals surface area contributed by atoms with Crippen LogP contribution in [-0.4, -0.2) is 46.2 Å². The molecular formula is C20H25N5O3. The summed E-state index contributed by atoms with van der Waals surface area (Å²) in [7, 11) is 3.26. The van der Waals surface area contributed by atoms with Crippen molar-refractivity contribution in [1.29, 1.82) is 0 Å². The summed E-state index contributed by atoms with van der Waals surface area (Å²) in [6, 6.07) is 8.10. The van der Waals surface area contributed by atoms with Gasteiger partial charge in [-0.15, -0.1) is 10.2 Å². The molecule has 0 spiro atoms. The van der Waals surface area contributed by atoms with Crippen molar-refractivity contribution in [2.75, 3.05) is 19.5 Å². The van der Waals surface area contributed by atoms with Crippen LogP contribution < -0.4 is 19.5 Å². The zero-order chi connectivity index (χ0) is 19.5. The summed E-state index contributed by atoms with van der Waals surface area (Å²) in [6.07, 6.45) is 5.74. The normalized spacial score (nSPS) is 19.4. The molecule has 28 heavy (non-hydrogen) atoms. The summed E-state index contributed by atoms with van der Waals surface area (Å²) in [6.45, 7) is 1.97. The number of benzene rings is 1. The molecule has 1 N–H and O–H groups in total. The van der Waals surface area contributed by atoms with Gasteiger partial charge in [-0.1, -0.05) is 6.07 Å². The Kier molecular flexibility index (Phi) is 5.18. The van der Waals surface area contributed by atoms with E-state index in [1.807, 2.05) is 31.2 Å². The number of fused-ring (bicyclic) bond motifs is 1. The van der Waals surface area contributed by atoms with Crippen LogP contribution in [0.4, 0.5) is 5.69 Å². The molecule has 4 rings (SSSR count). The minimum absolute atomic E-state index is 0.159. The van der Waals surface area contributed by atoms with Gasteiger partial charge in [-0.3, -0.25) is 0 Å². The lowest BCUT2D eigenvalue weighted by atomic mass is 9.92. The summed E-state index contributed by atoms with van der Waals surface area (Å²) in [5.74, 6) is 2.06. The van der Waals surface area contributed by atoms with E-state index in [0.29, 0.717) is 17.5 Å². The van der Waals surface area contributed by atoms with Gasteiger partial charge in [0, 0.05) is 6.04 Å². The monoisotopic (exact) mass is 383 g/mol. The van der Waals surface area contributed by atoms with E-state index in [-0.39, 0.29) is 6.10 Å². The van der Waals surface area contributed by atoms with Crippen LogP contribution in [0.3, 0.4) is 0 Å². The maximum Gasteiger partial charge on any atom is 0.203 e. The van der Waals surface area contributed by atoms with E-state index < -0.39 is 0 Å². The van der Waals surface area contributed by atoms with Crippen LogP contribution in [-0.2, 0) is 0 Å². The smallest absolute Gasteiger partial charge is 0.203 e. The molecule has 0 bridgehead atoms. The van der Waals surface area contributed by atoms with Gasteiger partial charge in [-0.2, -0.15) is 9.61 Å². The second kappa shape index (κ2) is 7.92. The predicted molar refractivity (Wildman–Crippen MR) is 105 cm³/mol. The Morgan fingerprint density at radius 3 is 2.61 bits per heavy atom. The second-order valence-electron chi connectivity index (χ2n) is 7.03. The number of hydrogen-bond donors (Lipinski definition) is 1. The third-order valence-electron chi connectivity index (χ3n) is 5.08. The highest BCUT2D eigenvalue weighted by atomic mass is 16.5. The summed E-state index contributed by atoms with van der Waals surface area (Å²) < 4.78 is 18.8. The molecule has 1 saturated carbocycles. The van der Waals surface area contributed by atoms with E-state index >= 15 is 0 Å². The van der Waals surface area contributed by atoms with Gasteiger partial charge in [0.15, 0.2) is 11.5 Å². The van der Waals surface area contributed by atoms with Crippen molar-refractivity contribution in [3.05, 3.63) is 36.3 Å². The number of nitrogens with one attached hydrogen (secondary N) is 1. The number of rotatable bonds is 6. The van der Waals surface area contributed by atoms with Crippen LogP contribution in [0.2, 0.25) is 0 Å². The molecule has 0 saturated heterocycles. The highest BCUT2D eigenvalue weighted by Gasteiger charge is 2.24. The van der Waals surface area contributed by atoms with Gasteiger partial charge in [-0.25, -0.2) is 0 Å². The summed E-state index contributed by atoms with van der Waals surface area (Å²) in [5.41, 5.74) is 2.66. The molecule has 8 nitrogen and oxygen atoms in total. The fraction of sp³-hybridized carbons (Fsp3) is 0.450. The van der Waals surface area contributed by atoms with E-state index in [4.69, 9.17) is 14.2 Å². The van der Waals surface area contributed by atoms with Crippen LogP contribution in [0.5, 0.6) is 17.2 Å². The Morgan fingerprint density at radius 1 is 1.07 bits per heavy atom. The molecule has 3 aromatic rings. The first-order valence-corrected chi connectivity index (χ1v) is 9.49. The van der Waals surface area contributed by atoms with Crippen molar-refractivity contribution in [3.8, 4) is 17.2 Å². The lowest BCUT2D eigenvalue weighted by Gasteiger charge is -2.30. The van der Waals surface area contributed by atoms with E-state index in [9.17, 15) is 0 Å². The van der Waals surface area contributed by atoms with Gasteiger partial charge in [0.05, 0.1) is 31.7 Å². The molecule has 1 fully saturated rings. The molecule has 2 aromatic heterocycles. The van der Waals surface area contributed by atoms with Crippen LogP contribution >= 0.6 is 0 Å². The van der Waals surface area contributed by atoms with Crippen molar-refractivity contribution in [2.24, 2.45) is 0 Å². The lowest BCUT2D eigenvalue weighted by Crippen LogP contribution is -2.31. The average molecular weight is 383 g/mol. The Labute approximate surface area is 163 Å². The number of hydrogen-bond acceptors (Lipinski definition) is 7. The number of para-hydroxylation sites is 1. The summed E-state index contributed by atoms with van der Waals surface area (Å²) in [5, 5.41) is 16.1.